The first-order valence-electron chi connectivity index (χ1n) is 6.71. The molecule has 0 amide bonds. The van der Waals surface area contributed by atoms with Gasteiger partial charge in [0.15, 0.2) is 17.5 Å². The minimum absolute atomic E-state index is 0. The topological polar surface area (TPSA) is 61.6 Å². The standard InChI is InChI=1S/C15H19FN4O.HI/c1-17-15(18-6-9-20-7-2-3-8-20)19-11-12-4-5-14(21)13(16)10-12;/h2-5,7-8,10,21H,6,9,11H2,1H3,(H2,17,18,19);1H. The Morgan fingerprint density at radius 3 is 2.64 bits per heavy atom. The van der Waals surface area contributed by atoms with Gasteiger partial charge in [0.1, 0.15) is 0 Å². The van der Waals surface area contributed by atoms with Crippen molar-refractivity contribution in [2.75, 3.05) is 13.6 Å². The van der Waals surface area contributed by atoms with Gasteiger partial charge in [-0.2, -0.15) is 0 Å². The molecule has 1 aromatic carbocycles. The van der Waals surface area contributed by atoms with Crippen LogP contribution in [0.15, 0.2) is 47.7 Å². The molecule has 5 nitrogen and oxygen atoms in total. The summed E-state index contributed by atoms with van der Waals surface area (Å²) >= 11 is 0. The van der Waals surface area contributed by atoms with E-state index < -0.39 is 5.82 Å². The van der Waals surface area contributed by atoms with Gasteiger partial charge in [-0.15, -0.1) is 24.0 Å². The quantitative estimate of drug-likeness (QED) is 0.397. The van der Waals surface area contributed by atoms with Crippen LogP contribution in [-0.2, 0) is 13.1 Å². The lowest BCUT2D eigenvalue weighted by atomic mass is 10.2. The van der Waals surface area contributed by atoms with Crippen molar-refractivity contribution in [2.45, 2.75) is 13.1 Å². The highest BCUT2D eigenvalue weighted by atomic mass is 127. The Morgan fingerprint density at radius 2 is 2.00 bits per heavy atom. The summed E-state index contributed by atoms with van der Waals surface area (Å²) in [6.07, 6.45) is 3.99. The van der Waals surface area contributed by atoms with E-state index in [0.717, 1.165) is 18.7 Å². The minimum atomic E-state index is -0.621. The van der Waals surface area contributed by atoms with Crippen molar-refractivity contribution in [3.63, 3.8) is 0 Å². The van der Waals surface area contributed by atoms with Crippen LogP contribution >= 0.6 is 24.0 Å². The highest BCUT2D eigenvalue weighted by molar-refractivity contribution is 14.0. The van der Waals surface area contributed by atoms with E-state index in [1.807, 2.05) is 24.5 Å². The summed E-state index contributed by atoms with van der Waals surface area (Å²) in [5.41, 5.74) is 0.735. The summed E-state index contributed by atoms with van der Waals surface area (Å²) in [5.74, 6) is -0.312. The van der Waals surface area contributed by atoms with Gasteiger partial charge >= 0.3 is 0 Å². The van der Waals surface area contributed by atoms with Gasteiger partial charge in [-0.05, 0) is 29.8 Å². The van der Waals surface area contributed by atoms with E-state index in [0.29, 0.717) is 12.5 Å². The van der Waals surface area contributed by atoms with Crippen LogP contribution < -0.4 is 10.6 Å². The summed E-state index contributed by atoms with van der Waals surface area (Å²) in [4.78, 5) is 4.10. The van der Waals surface area contributed by atoms with Crippen molar-refractivity contribution in [3.05, 3.63) is 54.1 Å². The van der Waals surface area contributed by atoms with E-state index >= 15 is 0 Å². The molecule has 120 valence electrons. The number of aliphatic imine (C=N–C) groups is 1. The van der Waals surface area contributed by atoms with Crippen molar-refractivity contribution in [3.8, 4) is 5.75 Å². The molecule has 0 atom stereocenters. The molecule has 3 N–H and O–H groups in total. The molecular formula is C15H20FIN4O. The second-order valence-corrected chi connectivity index (χ2v) is 4.56. The molecule has 7 heteroatoms. The van der Waals surface area contributed by atoms with Crippen LogP contribution in [0.5, 0.6) is 5.75 Å². The molecule has 1 aromatic heterocycles. The number of aromatic nitrogens is 1. The fourth-order valence-corrected chi connectivity index (χ4v) is 1.89. The number of phenolic OH excluding ortho intramolecular Hbond substituents is 1. The first-order valence-corrected chi connectivity index (χ1v) is 6.71. The fourth-order valence-electron chi connectivity index (χ4n) is 1.89. The maximum atomic E-state index is 13.2. The fraction of sp³-hybridized carbons (Fsp3) is 0.267. The van der Waals surface area contributed by atoms with Gasteiger partial charge in [0.05, 0.1) is 0 Å². The second kappa shape index (κ2) is 9.29. The van der Waals surface area contributed by atoms with Gasteiger partial charge in [0.25, 0.3) is 0 Å². The van der Waals surface area contributed by atoms with E-state index in [4.69, 9.17) is 5.11 Å². The second-order valence-electron chi connectivity index (χ2n) is 4.56. The number of benzene rings is 1. The molecule has 0 unspecified atom stereocenters. The number of phenols is 1. The summed E-state index contributed by atoms with van der Waals surface area (Å²) in [7, 11) is 1.68. The van der Waals surface area contributed by atoms with E-state index in [1.54, 1.807) is 13.1 Å². The van der Waals surface area contributed by atoms with Crippen LogP contribution in [0, 0.1) is 5.82 Å². The molecule has 1 heterocycles. The Hall–Kier alpha value is -1.77. The Kier molecular flexibility index (Phi) is 7.72. The van der Waals surface area contributed by atoms with Crippen LogP contribution in [0.1, 0.15) is 5.56 Å². The number of halogens is 2. The highest BCUT2D eigenvalue weighted by Crippen LogP contribution is 2.15. The number of nitrogens with zero attached hydrogens (tertiary/aromatic N) is 2. The zero-order valence-corrected chi connectivity index (χ0v) is 14.6. The van der Waals surface area contributed by atoms with E-state index in [2.05, 4.69) is 20.2 Å². The SMILES string of the molecule is CN=C(NCCn1cccc1)NCc1ccc(O)c(F)c1.I. The van der Waals surface area contributed by atoms with E-state index in [9.17, 15) is 4.39 Å². The molecule has 0 bridgehead atoms. The van der Waals surface area contributed by atoms with Gasteiger partial charge in [0, 0.05) is 39.1 Å². The number of hydrogen-bond acceptors (Lipinski definition) is 2. The van der Waals surface area contributed by atoms with Crippen molar-refractivity contribution in [2.24, 2.45) is 4.99 Å². The maximum Gasteiger partial charge on any atom is 0.191 e. The average molecular weight is 418 g/mol. The largest absolute Gasteiger partial charge is 0.505 e. The molecule has 22 heavy (non-hydrogen) atoms. The molecule has 0 aliphatic carbocycles. The van der Waals surface area contributed by atoms with Gasteiger partial charge < -0.3 is 20.3 Å². The summed E-state index contributed by atoms with van der Waals surface area (Å²) in [5, 5.41) is 15.4. The third-order valence-corrected chi connectivity index (χ3v) is 3.02. The van der Waals surface area contributed by atoms with Gasteiger partial charge in [-0.25, -0.2) is 4.39 Å². The number of rotatable bonds is 5. The molecule has 0 radical (unpaired) electrons. The normalized spacial score (nSPS) is 10.9. The van der Waals surface area contributed by atoms with Crippen molar-refractivity contribution in [1.82, 2.24) is 15.2 Å². The lowest BCUT2D eigenvalue weighted by Gasteiger charge is -2.12. The number of nitrogens with one attached hydrogen (secondary N) is 2. The minimum Gasteiger partial charge on any atom is -0.505 e. The molecule has 2 aromatic rings. The first kappa shape index (κ1) is 18.3. The maximum absolute atomic E-state index is 13.2. The summed E-state index contributed by atoms with van der Waals surface area (Å²) in [6.45, 7) is 2.00. The van der Waals surface area contributed by atoms with E-state index in [1.165, 1.54) is 12.1 Å². The Bertz CT molecular complexity index is 602. The molecule has 0 saturated carbocycles. The zero-order chi connectivity index (χ0) is 15.1. The third kappa shape index (κ3) is 5.55. The lowest BCUT2D eigenvalue weighted by molar-refractivity contribution is 0.431. The van der Waals surface area contributed by atoms with Gasteiger partial charge in [0.2, 0.25) is 0 Å². The molecule has 0 fully saturated rings. The molecular weight excluding hydrogens is 398 g/mol. The predicted molar refractivity (Wildman–Crippen MR) is 96.1 cm³/mol. The van der Waals surface area contributed by atoms with Gasteiger partial charge in [-0.3, -0.25) is 4.99 Å². The smallest absolute Gasteiger partial charge is 0.191 e. The Balaban J connectivity index is 0.00000242. The number of aromatic hydroxyl groups is 1. The monoisotopic (exact) mass is 418 g/mol. The lowest BCUT2D eigenvalue weighted by Crippen LogP contribution is -2.38. The van der Waals surface area contributed by atoms with Crippen LogP contribution in [0.4, 0.5) is 4.39 Å². The van der Waals surface area contributed by atoms with E-state index in [-0.39, 0.29) is 29.7 Å². The summed E-state index contributed by atoms with van der Waals surface area (Å²) in [6, 6.07) is 8.27. The number of guanidine groups is 1. The highest BCUT2D eigenvalue weighted by Gasteiger charge is 2.03. The van der Waals surface area contributed by atoms with Crippen molar-refractivity contribution < 1.29 is 9.50 Å². The van der Waals surface area contributed by atoms with Crippen LogP contribution in [0.25, 0.3) is 0 Å². The molecule has 0 aliphatic rings. The van der Waals surface area contributed by atoms with Gasteiger partial charge in [-0.1, -0.05) is 6.07 Å². The molecule has 0 saturated heterocycles. The molecule has 2 rings (SSSR count). The third-order valence-electron chi connectivity index (χ3n) is 3.02. The molecule has 0 aliphatic heterocycles. The summed E-state index contributed by atoms with van der Waals surface area (Å²) < 4.78 is 15.3. The Morgan fingerprint density at radius 1 is 1.27 bits per heavy atom. The average Bonchev–Trinajstić information content (AvgIpc) is 2.99. The molecule has 0 spiro atoms. The van der Waals surface area contributed by atoms with Crippen molar-refractivity contribution in [1.29, 1.82) is 0 Å². The predicted octanol–water partition coefficient (Wildman–Crippen LogP) is 2.32. The zero-order valence-electron chi connectivity index (χ0n) is 12.3. The van der Waals surface area contributed by atoms with Crippen LogP contribution in [-0.4, -0.2) is 29.2 Å². The number of hydrogen-bond donors (Lipinski definition) is 3. The van der Waals surface area contributed by atoms with Crippen LogP contribution in [0.3, 0.4) is 0 Å². The van der Waals surface area contributed by atoms with Crippen LogP contribution in [0.2, 0.25) is 0 Å². The Labute approximate surface area is 146 Å². The first-order chi connectivity index (χ1) is 10.2. The van der Waals surface area contributed by atoms with Crippen molar-refractivity contribution >= 4 is 29.9 Å².